The highest BCUT2D eigenvalue weighted by Crippen LogP contribution is 2.27. The van der Waals surface area contributed by atoms with Crippen LogP contribution in [0.15, 0.2) is 72.0 Å². The van der Waals surface area contributed by atoms with Gasteiger partial charge >= 0.3 is 0 Å². The molecule has 1 aliphatic rings. The van der Waals surface area contributed by atoms with Crippen molar-refractivity contribution in [2.24, 2.45) is 4.99 Å². The third-order valence-corrected chi connectivity index (χ3v) is 4.80. The molecule has 0 saturated heterocycles. The Morgan fingerprint density at radius 1 is 1.07 bits per heavy atom. The molecule has 0 amide bonds. The average Bonchev–Trinajstić information content (AvgIpc) is 3.34. The molecule has 6 heteroatoms. The predicted octanol–water partition coefficient (Wildman–Crippen LogP) is 3.69. The van der Waals surface area contributed by atoms with E-state index < -0.39 is 0 Å². The van der Waals surface area contributed by atoms with Gasteiger partial charge in [0, 0.05) is 38.2 Å². The van der Waals surface area contributed by atoms with E-state index in [1.807, 2.05) is 30.2 Å². The Morgan fingerprint density at radius 3 is 2.63 bits per heavy atom. The van der Waals surface area contributed by atoms with Crippen molar-refractivity contribution in [1.29, 1.82) is 0 Å². The van der Waals surface area contributed by atoms with Crippen LogP contribution in [-0.2, 0) is 19.5 Å². The molecular formula is C21H24IN5. The van der Waals surface area contributed by atoms with E-state index >= 15 is 0 Å². The Bertz CT molecular complexity index is 904. The number of nitrogens with one attached hydrogen (secondary N) is 1. The highest BCUT2D eigenvalue weighted by molar-refractivity contribution is 14.0. The minimum absolute atomic E-state index is 0. The number of anilines is 1. The largest absolute Gasteiger partial charge is 0.352 e. The van der Waals surface area contributed by atoms with Crippen LogP contribution in [0.3, 0.4) is 0 Å². The molecule has 140 valence electrons. The van der Waals surface area contributed by atoms with Crippen LogP contribution < -0.4 is 10.2 Å². The number of fused-ring (bicyclic) bond motifs is 1. The summed E-state index contributed by atoms with van der Waals surface area (Å²) in [6, 6.07) is 19.0. The number of hydrogen-bond acceptors (Lipinski definition) is 2. The molecule has 0 bridgehead atoms. The van der Waals surface area contributed by atoms with E-state index in [0.29, 0.717) is 0 Å². The fourth-order valence-corrected chi connectivity index (χ4v) is 3.48. The van der Waals surface area contributed by atoms with Gasteiger partial charge in [-0.15, -0.1) is 24.0 Å². The van der Waals surface area contributed by atoms with Crippen LogP contribution in [0.1, 0.15) is 16.7 Å². The molecule has 0 aliphatic carbocycles. The first-order valence-corrected chi connectivity index (χ1v) is 8.95. The molecule has 0 atom stereocenters. The SMILES string of the molecule is CN=C(NCc1ccccc1Cn1cccn1)N1CCc2ccccc21.I. The molecule has 0 spiro atoms. The number of benzene rings is 2. The fourth-order valence-electron chi connectivity index (χ4n) is 3.48. The lowest BCUT2D eigenvalue weighted by Gasteiger charge is -2.23. The number of nitrogens with zero attached hydrogens (tertiary/aromatic N) is 4. The van der Waals surface area contributed by atoms with E-state index in [1.165, 1.54) is 22.4 Å². The Hall–Kier alpha value is -2.35. The summed E-state index contributed by atoms with van der Waals surface area (Å²) in [4.78, 5) is 6.77. The molecule has 0 unspecified atom stereocenters. The topological polar surface area (TPSA) is 45.5 Å². The highest BCUT2D eigenvalue weighted by Gasteiger charge is 2.22. The van der Waals surface area contributed by atoms with Crippen molar-refractivity contribution in [3.05, 3.63) is 83.7 Å². The zero-order valence-corrected chi connectivity index (χ0v) is 17.7. The van der Waals surface area contributed by atoms with Gasteiger partial charge < -0.3 is 10.2 Å². The second kappa shape index (κ2) is 9.03. The summed E-state index contributed by atoms with van der Waals surface area (Å²) in [6.45, 7) is 2.48. The molecule has 0 radical (unpaired) electrons. The molecule has 2 heterocycles. The van der Waals surface area contributed by atoms with Gasteiger partial charge in [0.15, 0.2) is 5.96 Å². The van der Waals surface area contributed by atoms with Gasteiger partial charge in [0.05, 0.1) is 6.54 Å². The van der Waals surface area contributed by atoms with Gasteiger partial charge in [-0.05, 0) is 35.2 Å². The smallest absolute Gasteiger partial charge is 0.198 e. The highest BCUT2D eigenvalue weighted by atomic mass is 127. The third-order valence-electron chi connectivity index (χ3n) is 4.80. The van der Waals surface area contributed by atoms with Gasteiger partial charge in [-0.1, -0.05) is 42.5 Å². The van der Waals surface area contributed by atoms with Crippen molar-refractivity contribution in [3.8, 4) is 0 Å². The Labute approximate surface area is 177 Å². The van der Waals surface area contributed by atoms with E-state index in [1.54, 1.807) is 0 Å². The summed E-state index contributed by atoms with van der Waals surface area (Å²) in [5.41, 5.74) is 5.16. The summed E-state index contributed by atoms with van der Waals surface area (Å²) < 4.78 is 1.95. The lowest BCUT2D eigenvalue weighted by atomic mass is 10.1. The first-order valence-electron chi connectivity index (χ1n) is 8.95. The van der Waals surface area contributed by atoms with Crippen LogP contribution in [0.4, 0.5) is 5.69 Å². The average molecular weight is 473 g/mol. The van der Waals surface area contributed by atoms with E-state index in [2.05, 4.69) is 68.8 Å². The molecule has 1 aromatic heterocycles. The van der Waals surface area contributed by atoms with E-state index in [4.69, 9.17) is 0 Å². The number of halogens is 1. The Morgan fingerprint density at radius 2 is 1.85 bits per heavy atom. The van der Waals surface area contributed by atoms with Gasteiger partial charge in [0.1, 0.15) is 0 Å². The molecule has 5 nitrogen and oxygen atoms in total. The van der Waals surface area contributed by atoms with Gasteiger partial charge in [0.2, 0.25) is 0 Å². The van der Waals surface area contributed by atoms with Crippen LogP contribution in [0.25, 0.3) is 0 Å². The maximum Gasteiger partial charge on any atom is 0.198 e. The molecule has 4 rings (SSSR count). The van der Waals surface area contributed by atoms with Crippen LogP contribution in [0.2, 0.25) is 0 Å². The van der Waals surface area contributed by atoms with E-state index in [9.17, 15) is 0 Å². The maximum atomic E-state index is 4.50. The van der Waals surface area contributed by atoms with E-state index in [-0.39, 0.29) is 24.0 Å². The van der Waals surface area contributed by atoms with Gasteiger partial charge in [-0.25, -0.2) is 0 Å². The molecule has 3 aromatic rings. The first kappa shape index (κ1) is 19.4. The zero-order chi connectivity index (χ0) is 17.8. The van der Waals surface area contributed by atoms with Gasteiger partial charge in [-0.2, -0.15) is 5.10 Å². The van der Waals surface area contributed by atoms with Crippen molar-refractivity contribution in [2.75, 3.05) is 18.5 Å². The normalized spacial score (nSPS) is 13.2. The summed E-state index contributed by atoms with van der Waals surface area (Å²) in [5.74, 6) is 0.920. The summed E-state index contributed by atoms with van der Waals surface area (Å²) in [5, 5.41) is 7.85. The zero-order valence-electron chi connectivity index (χ0n) is 15.4. The van der Waals surface area contributed by atoms with Crippen molar-refractivity contribution in [3.63, 3.8) is 0 Å². The fraction of sp³-hybridized carbons (Fsp3) is 0.238. The number of para-hydroxylation sites is 1. The summed E-state index contributed by atoms with van der Waals surface area (Å²) >= 11 is 0. The number of aromatic nitrogens is 2. The molecule has 1 N–H and O–H groups in total. The van der Waals surface area contributed by atoms with Gasteiger partial charge in [-0.3, -0.25) is 9.67 Å². The van der Waals surface area contributed by atoms with Crippen LogP contribution >= 0.6 is 24.0 Å². The second-order valence-corrected chi connectivity index (χ2v) is 6.40. The minimum atomic E-state index is 0. The van der Waals surface area contributed by atoms with Crippen molar-refractivity contribution < 1.29 is 0 Å². The molecule has 27 heavy (non-hydrogen) atoms. The Kier molecular flexibility index (Phi) is 6.49. The number of hydrogen-bond donors (Lipinski definition) is 1. The predicted molar refractivity (Wildman–Crippen MR) is 121 cm³/mol. The molecule has 0 saturated carbocycles. The Balaban J connectivity index is 0.00000210. The van der Waals surface area contributed by atoms with Crippen molar-refractivity contribution in [1.82, 2.24) is 15.1 Å². The van der Waals surface area contributed by atoms with Crippen molar-refractivity contribution in [2.45, 2.75) is 19.5 Å². The molecule has 2 aromatic carbocycles. The van der Waals surface area contributed by atoms with Crippen molar-refractivity contribution >= 4 is 35.6 Å². The van der Waals surface area contributed by atoms with Gasteiger partial charge in [0.25, 0.3) is 0 Å². The monoisotopic (exact) mass is 473 g/mol. The summed E-state index contributed by atoms with van der Waals surface area (Å²) in [6.07, 6.45) is 4.87. The molecular weight excluding hydrogens is 449 g/mol. The molecule has 1 aliphatic heterocycles. The number of guanidine groups is 1. The molecule has 0 fully saturated rings. The third kappa shape index (κ3) is 4.32. The number of aliphatic imine (C=N–C) groups is 1. The van der Waals surface area contributed by atoms with Crippen LogP contribution in [0, 0.1) is 0 Å². The standard InChI is InChI=1S/C21H23N5.HI/c1-22-21(26-14-11-17-7-4-5-10-20(17)26)23-15-18-8-2-3-9-19(18)16-25-13-6-12-24-25;/h2-10,12-13H,11,14-16H2,1H3,(H,22,23);1H. The number of rotatable bonds is 4. The second-order valence-electron chi connectivity index (χ2n) is 6.40. The minimum Gasteiger partial charge on any atom is -0.352 e. The maximum absolute atomic E-state index is 4.50. The lowest BCUT2D eigenvalue weighted by Crippen LogP contribution is -2.40. The first-order chi connectivity index (χ1) is 12.8. The van der Waals surface area contributed by atoms with Crippen LogP contribution in [-0.4, -0.2) is 29.3 Å². The quantitative estimate of drug-likeness (QED) is 0.357. The van der Waals surface area contributed by atoms with E-state index in [0.717, 1.165) is 32.0 Å². The lowest BCUT2D eigenvalue weighted by molar-refractivity contribution is 0.678. The summed E-state index contributed by atoms with van der Waals surface area (Å²) in [7, 11) is 1.85. The van der Waals surface area contributed by atoms with Crippen LogP contribution in [0.5, 0.6) is 0 Å².